The lowest BCUT2D eigenvalue weighted by molar-refractivity contribution is 0.325. The molecule has 0 aliphatic carbocycles. The molecule has 0 heterocycles. The molecule has 0 bridgehead atoms. The number of hydrogen-bond acceptors (Lipinski definition) is 3. The number of thioether (sulfide) groups is 1. The highest BCUT2D eigenvalue weighted by Gasteiger charge is 2.03. The van der Waals surface area contributed by atoms with Crippen LogP contribution in [0.3, 0.4) is 0 Å². The van der Waals surface area contributed by atoms with Crippen molar-refractivity contribution in [1.29, 1.82) is 0 Å². The van der Waals surface area contributed by atoms with Crippen molar-refractivity contribution >= 4 is 17.4 Å². The van der Waals surface area contributed by atoms with Crippen molar-refractivity contribution in [1.82, 2.24) is 0 Å². The first-order chi connectivity index (χ1) is 9.16. The molecule has 2 nitrogen and oxygen atoms in total. The minimum Gasteiger partial charge on any atom is -0.490 e. The second kappa shape index (κ2) is 6.48. The lowest BCUT2D eigenvalue weighted by Gasteiger charge is -2.08. The second-order valence-electron chi connectivity index (χ2n) is 4.15. The molecular formula is C15H16FNOS. The molecule has 19 heavy (non-hydrogen) atoms. The molecule has 2 N–H and O–H groups in total. The summed E-state index contributed by atoms with van der Waals surface area (Å²) in [6.45, 7) is 2.50. The van der Waals surface area contributed by atoms with E-state index >= 15 is 0 Å². The highest BCUT2D eigenvalue weighted by molar-refractivity contribution is 7.99. The van der Waals surface area contributed by atoms with Gasteiger partial charge in [-0.3, -0.25) is 0 Å². The number of benzene rings is 2. The van der Waals surface area contributed by atoms with E-state index in [1.807, 2.05) is 25.1 Å². The fraction of sp³-hybridized carbons (Fsp3) is 0.200. The Hall–Kier alpha value is -1.68. The molecule has 4 heteroatoms. The molecule has 0 unspecified atom stereocenters. The average Bonchev–Trinajstić information content (AvgIpc) is 2.40. The number of ether oxygens (including phenoxy) is 1. The monoisotopic (exact) mass is 277 g/mol. The molecule has 0 aromatic heterocycles. The van der Waals surface area contributed by atoms with Crippen molar-refractivity contribution in [3.8, 4) is 5.75 Å². The van der Waals surface area contributed by atoms with Gasteiger partial charge in [-0.2, -0.15) is 0 Å². The first kappa shape index (κ1) is 13.7. The predicted molar refractivity (Wildman–Crippen MR) is 78.2 cm³/mol. The Balaban J connectivity index is 1.84. The van der Waals surface area contributed by atoms with Crippen LogP contribution >= 0.6 is 11.8 Å². The number of halogens is 1. The van der Waals surface area contributed by atoms with Gasteiger partial charge in [-0.15, -0.1) is 11.8 Å². The summed E-state index contributed by atoms with van der Waals surface area (Å²) in [7, 11) is 0. The quantitative estimate of drug-likeness (QED) is 0.511. The van der Waals surface area contributed by atoms with Crippen molar-refractivity contribution in [2.45, 2.75) is 11.8 Å². The van der Waals surface area contributed by atoms with Gasteiger partial charge in [0, 0.05) is 16.3 Å². The van der Waals surface area contributed by atoms with Crippen LogP contribution < -0.4 is 10.5 Å². The number of hydrogen-bond donors (Lipinski definition) is 1. The summed E-state index contributed by atoms with van der Waals surface area (Å²) in [6, 6.07) is 12.3. The van der Waals surface area contributed by atoms with Crippen LogP contribution in [0.2, 0.25) is 0 Å². The van der Waals surface area contributed by atoms with Crippen LogP contribution in [-0.4, -0.2) is 12.4 Å². The Bertz CT molecular complexity index is 560. The summed E-state index contributed by atoms with van der Waals surface area (Å²) in [5.74, 6) is 0.721. The Labute approximate surface area is 116 Å². The standard InChI is InChI=1S/C15H16FNOS/c1-11-6-7-12(17)10-15(11)19-9-8-18-14-5-3-2-4-13(14)16/h2-7,10H,8-9,17H2,1H3. The van der Waals surface area contributed by atoms with Crippen molar-refractivity contribution < 1.29 is 9.13 Å². The molecule has 0 radical (unpaired) electrons. The number of anilines is 1. The molecule has 0 spiro atoms. The van der Waals surface area contributed by atoms with E-state index in [4.69, 9.17) is 10.5 Å². The Morgan fingerprint density at radius 1 is 1.21 bits per heavy atom. The number of nitrogens with two attached hydrogens (primary N) is 1. The van der Waals surface area contributed by atoms with Gasteiger partial charge < -0.3 is 10.5 Å². The van der Waals surface area contributed by atoms with Gasteiger partial charge in [0.15, 0.2) is 11.6 Å². The van der Waals surface area contributed by atoms with Crippen LogP contribution in [0.1, 0.15) is 5.56 Å². The van der Waals surface area contributed by atoms with E-state index < -0.39 is 0 Å². The zero-order valence-electron chi connectivity index (χ0n) is 10.7. The summed E-state index contributed by atoms with van der Waals surface area (Å²) in [4.78, 5) is 1.14. The van der Waals surface area contributed by atoms with Crippen LogP contribution in [-0.2, 0) is 0 Å². The van der Waals surface area contributed by atoms with Gasteiger partial charge >= 0.3 is 0 Å². The highest BCUT2D eigenvalue weighted by Crippen LogP contribution is 2.24. The smallest absolute Gasteiger partial charge is 0.165 e. The van der Waals surface area contributed by atoms with E-state index in [1.165, 1.54) is 11.6 Å². The molecule has 0 amide bonds. The van der Waals surface area contributed by atoms with Gasteiger partial charge in [-0.1, -0.05) is 18.2 Å². The van der Waals surface area contributed by atoms with E-state index in [9.17, 15) is 4.39 Å². The predicted octanol–water partition coefficient (Wildman–Crippen LogP) is 3.89. The molecule has 100 valence electrons. The molecule has 2 aromatic carbocycles. The van der Waals surface area contributed by atoms with E-state index in [-0.39, 0.29) is 5.82 Å². The maximum absolute atomic E-state index is 13.3. The lowest BCUT2D eigenvalue weighted by Crippen LogP contribution is -2.02. The van der Waals surface area contributed by atoms with E-state index in [0.29, 0.717) is 12.4 Å². The number of para-hydroxylation sites is 1. The molecule has 2 rings (SSSR count). The van der Waals surface area contributed by atoms with Gasteiger partial charge in [-0.05, 0) is 36.8 Å². The fourth-order valence-electron chi connectivity index (χ4n) is 1.64. The van der Waals surface area contributed by atoms with Crippen LogP contribution in [0.25, 0.3) is 0 Å². The first-order valence-corrected chi connectivity index (χ1v) is 7.01. The van der Waals surface area contributed by atoms with Crippen LogP contribution in [0.15, 0.2) is 47.4 Å². The van der Waals surface area contributed by atoms with Crippen molar-refractivity contribution in [2.24, 2.45) is 0 Å². The number of nitrogen functional groups attached to an aromatic ring is 1. The minimum absolute atomic E-state index is 0.299. The summed E-state index contributed by atoms with van der Waals surface area (Å²) in [5.41, 5.74) is 7.69. The number of aryl methyl sites for hydroxylation is 1. The van der Waals surface area contributed by atoms with Crippen molar-refractivity contribution in [3.63, 3.8) is 0 Å². The van der Waals surface area contributed by atoms with Crippen LogP contribution in [0.4, 0.5) is 10.1 Å². The topological polar surface area (TPSA) is 35.2 Å². The molecule has 0 aliphatic heterocycles. The summed E-state index contributed by atoms with van der Waals surface area (Å²) >= 11 is 1.66. The summed E-state index contributed by atoms with van der Waals surface area (Å²) < 4.78 is 18.7. The maximum Gasteiger partial charge on any atom is 0.165 e. The Morgan fingerprint density at radius 3 is 2.79 bits per heavy atom. The van der Waals surface area contributed by atoms with E-state index in [2.05, 4.69) is 0 Å². The molecule has 0 aliphatic rings. The highest BCUT2D eigenvalue weighted by atomic mass is 32.2. The van der Waals surface area contributed by atoms with Crippen molar-refractivity contribution in [2.75, 3.05) is 18.1 Å². The Morgan fingerprint density at radius 2 is 2.00 bits per heavy atom. The molecule has 0 fully saturated rings. The maximum atomic E-state index is 13.3. The molecule has 0 saturated heterocycles. The normalized spacial score (nSPS) is 10.4. The second-order valence-corrected chi connectivity index (χ2v) is 5.29. The van der Waals surface area contributed by atoms with E-state index in [1.54, 1.807) is 30.0 Å². The molecular weight excluding hydrogens is 261 g/mol. The summed E-state index contributed by atoms with van der Waals surface area (Å²) in [6.07, 6.45) is 0. The average molecular weight is 277 g/mol. The van der Waals surface area contributed by atoms with Crippen molar-refractivity contribution in [3.05, 3.63) is 53.8 Å². The van der Waals surface area contributed by atoms with Gasteiger partial charge in [-0.25, -0.2) is 4.39 Å². The van der Waals surface area contributed by atoms with Gasteiger partial charge in [0.05, 0.1) is 6.61 Å². The first-order valence-electron chi connectivity index (χ1n) is 6.03. The Kier molecular flexibility index (Phi) is 4.68. The number of rotatable bonds is 5. The molecule has 0 saturated carbocycles. The zero-order valence-corrected chi connectivity index (χ0v) is 11.5. The van der Waals surface area contributed by atoms with Crippen LogP contribution in [0.5, 0.6) is 5.75 Å². The third kappa shape index (κ3) is 3.89. The zero-order chi connectivity index (χ0) is 13.7. The minimum atomic E-state index is -0.326. The largest absolute Gasteiger partial charge is 0.490 e. The summed E-state index contributed by atoms with van der Waals surface area (Å²) in [5, 5.41) is 0. The SMILES string of the molecule is Cc1ccc(N)cc1SCCOc1ccccc1F. The third-order valence-corrected chi connectivity index (χ3v) is 3.77. The molecule has 2 aromatic rings. The van der Waals surface area contributed by atoms with Gasteiger partial charge in [0.1, 0.15) is 0 Å². The van der Waals surface area contributed by atoms with Crippen LogP contribution in [0, 0.1) is 12.7 Å². The van der Waals surface area contributed by atoms with Gasteiger partial charge in [0.25, 0.3) is 0 Å². The lowest BCUT2D eigenvalue weighted by atomic mass is 10.2. The third-order valence-electron chi connectivity index (χ3n) is 2.65. The van der Waals surface area contributed by atoms with Gasteiger partial charge in [0.2, 0.25) is 0 Å². The fourth-order valence-corrected chi connectivity index (χ4v) is 2.54. The van der Waals surface area contributed by atoms with E-state index in [0.717, 1.165) is 16.3 Å². The molecule has 0 atom stereocenters.